The van der Waals surface area contributed by atoms with Crippen molar-refractivity contribution in [1.29, 1.82) is 0 Å². The minimum Gasteiger partial charge on any atom is -0.354 e. The van der Waals surface area contributed by atoms with Crippen LogP contribution in [0.1, 0.15) is 26.3 Å². The Balaban J connectivity index is 2.31. The van der Waals surface area contributed by atoms with Crippen molar-refractivity contribution < 1.29 is 26.8 Å². The zero-order valence-corrected chi connectivity index (χ0v) is 20.6. The number of nitrogens with one attached hydrogen (secondary N) is 1. The van der Waals surface area contributed by atoms with Crippen molar-refractivity contribution in [2.45, 2.75) is 33.2 Å². The van der Waals surface area contributed by atoms with Gasteiger partial charge in [0.2, 0.25) is 21.8 Å². The second-order valence-corrected chi connectivity index (χ2v) is 10.4. The Morgan fingerprint density at radius 2 is 1.65 bits per heavy atom. The Kier molecular flexibility index (Phi) is 9.55. The Morgan fingerprint density at radius 1 is 1.00 bits per heavy atom. The molecule has 0 aliphatic heterocycles. The highest BCUT2D eigenvalue weighted by Crippen LogP contribution is 2.21. The summed E-state index contributed by atoms with van der Waals surface area (Å²) < 4.78 is 52.7. The molecule has 0 heterocycles. The van der Waals surface area contributed by atoms with Crippen LogP contribution in [0.15, 0.2) is 48.5 Å². The van der Waals surface area contributed by atoms with Gasteiger partial charge in [0.1, 0.15) is 12.6 Å². The summed E-state index contributed by atoms with van der Waals surface area (Å²) in [5.41, 5.74) is 0.755. The predicted octanol–water partition coefficient (Wildman–Crippen LogP) is 2.96. The molecule has 10 heteroatoms. The first-order chi connectivity index (χ1) is 15.9. The lowest BCUT2D eigenvalue weighted by Gasteiger charge is -2.31. The number of anilines is 1. The fraction of sp³-hybridized carbons (Fsp3) is 0.417. The van der Waals surface area contributed by atoms with E-state index >= 15 is 0 Å². The van der Waals surface area contributed by atoms with E-state index in [0.29, 0.717) is 17.3 Å². The lowest BCUT2D eigenvalue weighted by molar-refractivity contribution is -0.138. The lowest BCUT2D eigenvalue weighted by atomic mass is 10.1. The summed E-state index contributed by atoms with van der Waals surface area (Å²) in [5.74, 6) is -3.17. The molecule has 1 unspecified atom stereocenters. The predicted molar refractivity (Wildman–Crippen MR) is 128 cm³/mol. The highest BCUT2D eigenvalue weighted by atomic mass is 32.2. The Bertz CT molecular complexity index is 1090. The van der Waals surface area contributed by atoms with Crippen molar-refractivity contribution in [2.75, 3.05) is 30.2 Å². The third-order valence-corrected chi connectivity index (χ3v) is 6.35. The van der Waals surface area contributed by atoms with Crippen molar-refractivity contribution >= 4 is 27.5 Å². The number of rotatable bonds is 11. The number of carbonyl (C=O) groups excluding carboxylic acids is 2. The highest BCUT2D eigenvalue weighted by Gasteiger charge is 2.30. The zero-order chi connectivity index (χ0) is 25.5. The summed E-state index contributed by atoms with van der Waals surface area (Å²) in [5, 5.41) is 2.79. The molecule has 2 aromatic carbocycles. The van der Waals surface area contributed by atoms with E-state index in [0.717, 1.165) is 30.0 Å². The summed E-state index contributed by atoms with van der Waals surface area (Å²) in [4.78, 5) is 27.3. The van der Waals surface area contributed by atoms with Crippen molar-refractivity contribution in [3.8, 4) is 0 Å². The minimum atomic E-state index is -4.01. The van der Waals surface area contributed by atoms with Crippen LogP contribution in [0.25, 0.3) is 0 Å². The van der Waals surface area contributed by atoms with Gasteiger partial charge in [-0.05, 0) is 37.0 Å². The van der Waals surface area contributed by atoms with Crippen LogP contribution in [0.2, 0.25) is 0 Å². The molecular formula is C24H31F2N3O4S. The maximum absolute atomic E-state index is 13.8. The number of amides is 2. The van der Waals surface area contributed by atoms with E-state index in [1.165, 1.54) is 4.90 Å². The second-order valence-electron chi connectivity index (χ2n) is 8.51. The minimum absolute atomic E-state index is 0.161. The molecule has 1 N–H and O–H groups in total. The van der Waals surface area contributed by atoms with Crippen molar-refractivity contribution in [1.82, 2.24) is 10.2 Å². The van der Waals surface area contributed by atoms with Crippen molar-refractivity contribution in [3.05, 3.63) is 65.7 Å². The van der Waals surface area contributed by atoms with Gasteiger partial charge in [0.25, 0.3) is 0 Å². The molecule has 2 aromatic rings. The van der Waals surface area contributed by atoms with Gasteiger partial charge in [-0.15, -0.1) is 0 Å². The quantitative estimate of drug-likeness (QED) is 0.519. The molecule has 0 aliphatic rings. The molecule has 186 valence electrons. The molecule has 34 heavy (non-hydrogen) atoms. The molecule has 0 aliphatic carbocycles. The van der Waals surface area contributed by atoms with Gasteiger partial charge in [0.05, 0.1) is 11.9 Å². The number of hydrogen-bond acceptors (Lipinski definition) is 4. The van der Waals surface area contributed by atoms with E-state index in [1.807, 2.05) is 44.2 Å². The number of benzene rings is 2. The SMILES string of the molecule is CC(C)CNC(=O)C(C)N(CCc1ccccc1)C(=O)CN(c1ccc(F)c(F)c1)S(C)(=O)=O. The van der Waals surface area contributed by atoms with E-state index in [-0.39, 0.29) is 24.1 Å². The smallest absolute Gasteiger partial charge is 0.244 e. The molecule has 2 rings (SSSR count). The molecule has 1 atom stereocenters. The van der Waals surface area contributed by atoms with Gasteiger partial charge in [0.15, 0.2) is 11.6 Å². The van der Waals surface area contributed by atoms with Gasteiger partial charge in [-0.3, -0.25) is 13.9 Å². The summed E-state index contributed by atoms with van der Waals surface area (Å²) in [6.45, 7) is 5.37. The maximum atomic E-state index is 13.8. The number of hydrogen-bond donors (Lipinski definition) is 1. The van der Waals surface area contributed by atoms with Crippen LogP contribution in [-0.2, 0) is 26.0 Å². The van der Waals surface area contributed by atoms with Gasteiger partial charge in [0, 0.05) is 19.2 Å². The Labute approximate surface area is 199 Å². The van der Waals surface area contributed by atoms with Crippen LogP contribution >= 0.6 is 0 Å². The Hall–Kier alpha value is -3.01. The van der Waals surface area contributed by atoms with Crippen LogP contribution in [0.5, 0.6) is 0 Å². The normalized spacial score (nSPS) is 12.3. The van der Waals surface area contributed by atoms with Crippen molar-refractivity contribution in [2.24, 2.45) is 5.92 Å². The summed E-state index contributed by atoms with van der Waals surface area (Å²) >= 11 is 0. The molecule has 0 fully saturated rings. The molecule has 0 spiro atoms. The average Bonchev–Trinajstić information content (AvgIpc) is 2.77. The zero-order valence-electron chi connectivity index (χ0n) is 19.8. The van der Waals surface area contributed by atoms with Gasteiger partial charge in [-0.2, -0.15) is 0 Å². The first kappa shape index (κ1) is 27.2. The molecule has 2 amide bonds. The molecule has 0 saturated carbocycles. The van der Waals surface area contributed by atoms with Crippen molar-refractivity contribution in [3.63, 3.8) is 0 Å². The van der Waals surface area contributed by atoms with Gasteiger partial charge in [-0.1, -0.05) is 44.2 Å². The first-order valence-electron chi connectivity index (χ1n) is 10.9. The highest BCUT2D eigenvalue weighted by molar-refractivity contribution is 7.92. The van der Waals surface area contributed by atoms with Crippen LogP contribution in [0, 0.1) is 17.6 Å². The van der Waals surface area contributed by atoms with Crippen LogP contribution in [0.4, 0.5) is 14.5 Å². The maximum Gasteiger partial charge on any atom is 0.244 e. The topological polar surface area (TPSA) is 86.8 Å². The third-order valence-electron chi connectivity index (χ3n) is 5.21. The number of carbonyl (C=O) groups is 2. The largest absolute Gasteiger partial charge is 0.354 e. The fourth-order valence-corrected chi connectivity index (χ4v) is 4.12. The molecule has 0 saturated heterocycles. The molecular weight excluding hydrogens is 464 g/mol. The van der Waals surface area contributed by atoms with Crippen LogP contribution in [0.3, 0.4) is 0 Å². The first-order valence-corrected chi connectivity index (χ1v) is 12.8. The van der Waals surface area contributed by atoms with E-state index in [4.69, 9.17) is 0 Å². The van der Waals surface area contributed by atoms with Gasteiger partial charge >= 0.3 is 0 Å². The number of sulfonamides is 1. The Morgan fingerprint density at radius 3 is 2.21 bits per heavy atom. The van der Waals surface area contributed by atoms with E-state index < -0.39 is 40.2 Å². The molecule has 7 nitrogen and oxygen atoms in total. The van der Waals surface area contributed by atoms with Crippen LogP contribution < -0.4 is 9.62 Å². The van der Waals surface area contributed by atoms with Gasteiger partial charge in [-0.25, -0.2) is 17.2 Å². The third kappa shape index (κ3) is 7.79. The monoisotopic (exact) mass is 495 g/mol. The van der Waals surface area contributed by atoms with E-state index in [1.54, 1.807) is 6.92 Å². The van der Waals surface area contributed by atoms with E-state index in [2.05, 4.69) is 5.32 Å². The summed E-state index contributed by atoms with van der Waals surface area (Å²) in [6.07, 6.45) is 1.31. The van der Waals surface area contributed by atoms with Gasteiger partial charge < -0.3 is 10.2 Å². The fourth-order valence-electron chi connectivity index (χ4n) is 3.28. The summed E-state index contributed by atoms with van der Waals surface area (Å²) in [7, 11) is -4.01. The second kappa shape index (κ2) is 11.9. The number of halogens is 2. The molecule has 0 radical (unpaired) electrons. The average molecular weight is 496 g/mol. The summed E-state index contributed by atoms with van der Waals surface area (Å²) in [6, 6.07) is 11.1. The molecule has 0 bridgehead atoms. The van der Waals surface area contributed by atoms with Crippen LogP contribution in [-0.4, -0.2) is 57.1 Å². The standard InChI is InChI=1S/C24H31F2N3O4S/c1-17(2)15-27-24(31)18(3)28(13-12-19-8-6-5-7-9-19)23(30)16-29(34(4,32)33)20-10-11-21(25)22(26)14-20/h5-11,14,17-18H,12-13,15-16H2,1-4H3,(H,27,31). The molecule has 0 aromatic heterocycles. The number of nitrogens with zero attached hydrogens (tertiary/aromatic N) is 2. The lowest BCUT2D eigenvalue weighted by Crippen LogP contribution is -2.52. The van der Waals surface area contributed by atoms with E-state index in [9.17, 15) is 26.8 Å².